The molecule has 0 aromatic carbocycles. The molecular formula is C11H23N3O. The Morgan fingerprint density at radius 3 is 2.47 bits per heavy atom. The van der Waals surface area contributed by atoms with Crippen LogP contribution in [0.15, 0.2) is 0 Å². The molecule has 0 atom stereocenters. The van der Waals surface area contributed by atoms with Crippen molar-refractivity contribution in [1.29, 1.82) is 0 Å². The van der Waals surface area contributed by atoms with Gasteiger partial charge < -0.3 is 11.1 Å². The number of nitrogens with two attached hydrogens (primary N) is 1. The topological polar surface area (TPSA) is 58.4 Å². The van der Waals surface area contributed by atoms with Crippen LogP contribution in [0.5, 0.6) is 0 Å². The number of carbonyl (C=O) groups excluding carboxylic acids is 1. The first-order valence-corrected chi connectivity index (χ1v) is 5.67. The van der Waals surface area contributed by atoms with Crippen LogP contribution in [0.1, 0.15) is 33.6 Å². The molecule has 0 saturated heterocycles. The number of hydrogen-bond donors (Lipinski definition) is 2. The second-order valence-corrected chi connectivity index (χ2v) is 5.29. The summed E-state index contributed by atoms with van der Waals surface area (Å²) < 4.78 is 0. The number of rotatable bonds is 5. The van der Waals surface area contributed by atoms with Crippen molar-refractivity contribution in [2.75, 3.05) is 19.6 Å². The molecular weight excluding hydrogens is 190 g/mol. The molecule has 1 amide bonds. The zero-order valence-corrected chi connectivity index (χ0v) is 10.0. The lowest BCUT2D eigenvalue weighted by atomic mass is 10.1. The van der Waals surface area contributed by atoms with Gasteiger partial charge in [-0.2, -0.15) is 0 Å². The number of amides is 1. The van der Waals surface area contributed by atoms with E-state index in [1.54, 1.807) is 0 Å². The van der Waals surface area contributed by atoms with E-state index in [0.717, 1.165) is 6.54 Å². The lowest BCUT2D eigenvalue weighted by Gasteiger charge is -2.25. The van der Waals surface area contributed by atoms with E-state index in [1.807, 2.05) is 20.8 Å². The third kappa shape index (κ3) is 5.14. The fourth-order valence-electron chi connectivity index (χ4n) is 1.64. The van der Waals surface area contributed by atoms with Gasteiger partial charge in [0.25, 0.3) is 0 Å². The van der Waals surface area contributed by atoms with Crippen LogP contribution in [-0.2, 0) is 4.79 Å². The Bertz CT molecular complexity index is 218. The van der Waals surface area contributed by atoms with E-state index >= 15 is 0 Å². The Labute approximate surface area is 92.2 Å². The summed E-state index contributed by atoms with van der Waals surface area (Å²) in [6.07, 6.45) is 2.42. The molecule has 0 spiro atoms. The van der Waals surface area contributed by atoms with Gasteiger partial charge >= 0.3 is 0 Å². The minimum Gasteiger partial charge on any atom is -0.350 e. The summed E-state index contributed by atoms with van der Waals surface area (Å²) in [5, 5.41) is 2.97. The lowest BCUT2D eigenvalue weighted by Crippen LogP contribution is -2.47. The summed E-state index contributed by atoms with van der Waals surface area (Å²) >= 11 is 0. The summed E-state index contributed by atoms with van der Waals surface area (Å²) in [5.74, 6) is 0.0999. The number of carbonyl (C=O) groups is 1. The Morgan fingerprint density at radius 2 is 2.07 bits per heavy atom. The Balaban J connectivity index is 2.33. The zero-order valence-electron chi connectivity index (χ0n) is 10.0. The van der Waals surface area contributed by atoms with Crippen molar-refractivity contribution >= 4 is 5.91 Å². The van der Waals surface area contributed by atoms with Gasteiger partial charge in [-0.1, -0.05) is 0 Å². The summed E-state index contributed by atoms with van der Waals surface area (Å²) in [7, 11) is 0. The number of nitrogens with one attached hydrogen (secondary N) is 1. The predicted octanol–water partition coefficient (Wildman–Crippen LogP) is 0.324. The van der Waals surface area contributed by atoms with Crippen molar-refractivity contribution in [3.05, 3.63) is 0 Å². The largest absolute Gasteiger partial charge is 0.350 e. The second-order valence-electron chi connectivity index (χ2n) is 5.29. The molecule has 1 saturated carbocycles. The molecule has 1 fully saturated rings. The molecule has 4 nitrogen and oxygen atoms in total. The van der Waals surface area contributed by atoms with Crippen LogP contribution in [0.4, 0.5) is 0 Å². The van der Waals surface area contributed by atoms with Gasteiger partial charge in [0, 0.05) is 24.7 Å². The third-order valence-corrected chi connectivity index (χ3v) is 2.34. The quantitative estimate of drug-likeness (QED) is 0.691. The van der Waals surface area contributed by atoms with Gasteiger partial charge in [0.1, 0.15) is 0 Å². The van der Waals surface area contributed by atoms with Gasteiger partial charge in [0.15, 0.2) is 0 Å². The summed E-state index contributed by atoms with van der Waals surface area (Å²) in [5.41, 5.74) is 5.38. The molecule has 4 heteroatoms. The first-order chi connectivity index (χ1) is 6.92. The molecule has 3 N–H and O–H groups in total. The monoisotopic (exact) mass is 213 g/mol. The van der Waals surface area contributed by atoms with Crippen molar-refractivity contribution in [3.8, 4) is 0 Å². The van der Waals surface area contributed by atoms with E-state index in [0.29, 0.717) is 19.1 Å². The normalized spacial score (nSPS) is 16.9. The van der Waals surface area contributed by atoms with E-state index < -0.39 is 0 Å². The van der Waals surface area contributed by atoms with Gasteiger partial charge in [0.2, 0.25) is 5.91 Å². The number of nitrogens with zero attached hydrogens (tertiary/aromatic N) is 1. The van der Waals surface area contributed by atoms with Crippen molar-refractivity contribution in [2.45, 2.75) is 45.2 Å². The average molecular weight is 213 g/mol. The molecule has 0 aromatic rings. The van der Waals surface area contributed by atoms with Gasteiger partial charge in [-0.05, 0) is 33.6 Å². The fourth-order valence-corrected chi connectivity index (χ4v) is 1.64. The van der Waals surface area contributed by atoms with Crippen LogP contribution in [0, 0.1) is 0 Å². The molecule has 0 aliphatic heterocycles. The van der Waals surface area contributed by atoms with Crippen LogP contribution in [0.3, 0.4) is 0 Å². The molecule has 0 aromatic heterocycles. The number of hydrogen-bond acceptors (Lipinski definition) is 3. The Morgan fingerprint density at radius 1 is 1.47 bits per heavy atom. The van der Waals surface area contributed by atoms with Crippen molar-refractivity contribution < 1.29 is 4.79 Å². The zero-order chi connectivity index (χ0) is 11.5. The molecule has 15 heavy (non-hydrogen) atoms. The summed E-state index contributed by atoms with van der Waals surface area (Å²) in [4.78, 5) is 13.9. The highest BCUT2D eigenvalue weighted by Crippen LogP contribution is 2.25. The van der Waals surface area contributed by atoms with Gasteiger partial charge in [-0.25, -0.2) is 0 Å². The first kappa shape index (κ1) is 12.5. The molecule has 88 valence electrons. The summed E-state index contributed by atoms with van der Waals surface area (Å²) in [6.45, 7) is 7.92. The maximum absolute atomic E-state index is 11.7. The molecule has 1 aliphatic carbocycles. The minimum atomic E-state index is -0.144. The van der Waals surface area contributed by atoms with Crippen molar-refractivity contribution in [1.82, 2.24) is 10.2 Å². The van der Waals surface area contributed by atoms with Gasteiger partial charge in [-0.15, -0.1) is 0 Å². The Hall–Kier alpha value is -0.610. The van der Waals surface area contributed by atoms with E-state index in [1.165, 1.54) is 12.8 Å². The lowest BCUT2D eigenvalue weighted by molar-refractivity contribution is -0.123. The minimum absolute atomic E-state index is 0.0999. The Kier molecular flexibility index (Phi) is 4.11. The molecule has 1 aliphatic rings. The predicted molar refractivity (Wildman–Crippen MR) is 61.5 cm³/mol. The maximum atomic E-state index is 11.7. The van der Waals surface area contributed by atoms with Gasteiger partial charge in [0.05, 0.1) is 6.54 Å². The average Bonchev–Trinajstić information content (AvgIpc) is 2.81. The van der Waals surface area contributed by atoms with Crippen LogP contribution in [0.2, 0.25) is 0 Å². The van der Waals surface area contributed by atoms with Crippen molar-refractivity contribution in [3.63, 3.8) is 0 Å². The second kappa shape index (κ2) is 4.94. The van der Waals surface area contributed by atoms with Crippen LogP contribution >= 0.6 is 0 Å². The molecule has 1 rings (SSSR count). The first-order valence-electron chi connectivity index (χ1n) is 5.67. The van der Waals surface area contributed by atoms with E-state index in [4.69, 9.17) is 5.73 Å². The van der Waals surface area contributed by atoms with E-state index in [2.05, 4.69) is 10.2 Å². The van der Waals surface area contributed by atoms with Crippen LogP contribution < -0.4 is 11.1 Å². The molecule has 0 bridgehead atoms. The smallest absolute Gasteiger partial charge is 0.234 e. The SMILES string of the molecule is CC(C)(C)NC(=O)CN(CCN)C1CC1. The van der Waals surface area contributed by atoms with Crippen molar-refractivity contribution in [2.24, 2.45) is 5.73 Å². The van der Waals surface area contributed by atoms with Crippen LogP contribution in [0.25, 0.3) is 0 Å². The van der Waals surface area contributed by atoms with E-state index in [9.17, 15) is 4.79 Å². The van der Waals surface area contributed by atoms with Gasteiger partial charge in [-0.3, -0.25) is 9.69 Å². The maximum Gasteiger partial charge on any atom is 0.234 e. The standard InChI is InChI=1S/C11H23N3O/c1-11(2,3)13-10(15)8-14(7-6-12)9-4-5-9/h9H,4-8,12H2,1-3H3,(H,13,15). The highest BCUT2D eigenvalue weighted by atomic mass is 16.2. The third-order valence-electron chi connectivity index (χ3n) is 2.34. The van der Waals surface area contributed by atoms with E-state index in [-0.39, 0.29) is 11.4 Å². The molecule has 0 unspecified atom stereocenters. The summed E-state index contributed by atoms with van der Waals surface area (Å²) in [6, 6.07) is 0.597. The highest BCUT2D eigenvalue weighted by Gasteiger charge is 2.30. The van der Waals surface area contributed by atoms with Crippen LogP contribution in [-0.4, -0.2) is 42.0 Å². The highest BCUT2D eigenvalue weighted by molar-refractivity contribution is 5.78. The fraction of sp³-hybridized carbons (Fsp3) is 0.909. The molecule has 0 heterocycles. The molecule has 0 radical (unpaired) electrons.